The Morgan fingerprint density at radius 1 is 1.20 bits per heavy atom. The molecule has 4 heteroatoms. The molecule has 2 aromatic carbocycles. The lowest BCUT2D eigenvalue weighted by atomic mass is 10.0. The molecule has 0 saturated carbocycles. The summed E-state index contributed by atoms with van der Waals surface area (Å²) in [6.07, 6.45) is -0.592. The number of hydrogen-bond acceptors (Lipinski definition) is 2. The number of amides is 1. The van der Waals surface area contributed by atoms with Crippen molar-refractivity contribution < 1.29 is 14.3 Å². The van der Waals surface area contributed by atoms with Crippen LogP contribution >= 0.6 is 0 Å². The lowest BCUT2D eigenvalue weighted by Crippen LogP contribution is -2.34. The van der Waals surface area contributed by atoms with Crippen molar-refractivity contribution in [2.24, 2.45) is 5.92 Å². The third-order valence-corrected chi connectivity index (χ3v) is 3.36. The molecule has 0 saturated heterocycles. The number of halogens is 1. The molecular weight excluding hydrogens is 257 g/mol. The van der Waals surface area contributed by atoms with Crippen LogP contribution in [0.2, 0.25) is 0 Å². The zero-order chi connectivity index (χ0) is 14.7. The maximum absolute atomic E-state index is 13.7. The van der Waals surface area contributed by atoms with Gasteiger partial charge in [0.1, 0.15) is 5.82 Å². The van der Waals surface area contributed by atoms with Gasteiger partial charge in [-0.15, -0.1) is 0 Å². The molecule has 0 fully saturated rings. The van der Waals surface area contributed by atoms with Gasteiger partial charge < -0.3 is 10.4 Å². The smallest absolute Gasteiger partial charge is 0.252 e. The minimum Gasteiger partial charge on any atom is -0.391 e. The first-order valence-electron chi connectivity index (χ1n) is 6.64. The van der Waals surface area contributed by atoms with Gasteiger partial charge in [-0.3, -0.25) is 4.79 Å². The number of aliphatic hydroxyl groups excluding tert-OH is 1. The van der Waals surface area contributed by atoms with Gasteiger partial charge in [-0.25, -0.2) is 4.39 Å². The number of nitrogens with one attached hydrogen (secondary N) is 1. The van der Waals surface area contributed by atoms with E-state index in [-0.39, 0.29) is 24.2 Å². The summed E-state index contributed by atoms with van der Waals surface area (Å²) < 4.78 is 13.7. The molecule has 20 heavy (non-hydrogen) atoms. The number of carbonyl (C=O) groups is 1. The summed E-state index contributed by atoms with van der Waals surface area (Å²) in [5.74, 6) is -0.583. The van der Waals surface area contributed by atoms with Gasteiger partial charge in [0.25, 0.3) is 5.91 Å². The summed E-state index contributed by atoms with van der Waals surface area (Å²) in [7, 11) is 0. The Morgan fingerprint density at radius 2 is 1.85 bits per heavy atom. The van der Waals surface area contributed by atoms with Gasteiger partial charge in [-0.1, -0.05) is 38.1 Å². The van der Waals surface area contributed by atoms with E-state index in [1.54, 1.807) is 24.3 Å². The highest BCUT2D eigenvalue weighted by atomic mass is 19.1. The van der Waals surface area contributed by atoms with Crippen molar-refractivity contribution in [3.63, 3.8) is 0 Å². The van der Waals surface area contributed by atoms with Gasteiger partial charge in [0.05, 0.1) is 6.10 Å². The maximum atomic E-state index is 13.7. The number of benzene rings is 2. The van der Waals surface area contributed by atoms with Crippen LogP contribution in [0, 0.1) is 11.7 Å². The summed E-state index contributed by atoms with van der Waals surface area (Å²) in [4.78, 5) is 12.2. The molecule has 0 spiro atoms. The molecule has 0 radical (unpaired) electrons. The highest BCUT2D eigenvalue weighted by Crippen LogP contribution is 2.21. The van der Waals surface area contributed by atoms with E-state index in [2.05, 4.69) is 5.32 Å². The molecule has 0 heterocycles. The van der Waals surface area contributed by atoms with Crippen LogP contribution in [-0.2, 0) is 0 Å². The van der Waals surface area contributed by atoms with Crippen LogP contribution in [0.25, 0.3) is 10.8 Å². The van der Waals surface area contributed by atoms with E-state index in [1.807, 2.05) is 13.8 Å². The number of carbonyl (C=O) groups excluding carboxylic acids is 1. The fourth-order valence-electron chi connectivity index (χ4n) is 1.99. The van der Waals surface area contributed by atoms with Gasteiger partial charge in [-0.2, -0.15) is 0 Å². The predicted molar refractivity (Wildman–Crippen MR) is 77.1 cm³/mol. The molecule has 0 aromatic heterocycles. The number of hydrogen-bond donors (Lipinski definition) is 2. The minimum absolute atomic E-state index is 0.0697. The number of aliphatic hydroxyl groups is 1. The third-order valence-electron chi connectivity index (χ3n) is 3.36. The second kappa shape index (κ2) is 6.01. The fraction of sp³-hybridized carbons (Fsp3) is 0.312. The van der Waals surface area contributed by atoms with Crippen LogP contribution in [-0.4, -0.2) is 23.7 Å². The zero-order valence-corrected chi connectivity index (χ0v) is 11.6. The third kappa shape index (κ3) is 2.96. The highest BCUT2D eigenvalue weighted by molar-refractivity contribution is 6.07. The molecule has 1 atom stereocenters. The topological polar surface area (TPSA) is 49.3 Å². The van der Waals surface area contributed by atoms with Gasteiger partial charge in [-0.05, 0) is 23.4 Å². The second-order valence-electron chi connectivity index (χ2n) is 5.16. The van der Waals surface area contributed by atoms with Crippen LogP contribution in [0.5, 0.6) is 0 Å². The quantitative estimate of drug-likeness (QED) is 0.901. The van der Waals surface area contributed by atoms with Crippen LogP contribution in [0.4, 0.5) is 4.39 Å². The van der Waals surface area contributed by atoms with E-state index in [0.29, 0.717) is 16.3 Å². The SMILES string of the molecule is CC(C)C(O)CNC(=O)c1ccc(F)c2ccccc12. The summed E-state index contributed by atoms with van der Waals surface area (Å²) >= 11 is 0. The van der Waals surface area contributed by atoms with Crippen molar-refractivity contribution in [3.05, 3.63) is 47.8 Å². The van der Waals surface area contributed by atoms with E-state index < -0.39 is 6.10 Å². The van der Waals surface area contributed by atoms with E-state index in [4.69, 9.17) is 0 Å². The van der Waals surface area contributed by atoms with Crippen molar-refractivity contribution in [1.29, 1.82) is 0 Å². The fourth-order valence-corrected chi connectivity index (χ4v) is 1.99. The normalized spacial score (nSPS) is 12.7. The molecule has 2 rings (SSSR count). The summed E-state index contributed by atoms with van der Waals surface area (Å²) in [5.41, 5.74) is 0.415. The Kier molecular flexibility index (Phi) is 4.35. The van der Waals surface area contributed by atoms with E-state index in [9.17, 15) is 14.3 Å². The molecular formula is C16H18FNO2. The van der Waals surface area contributed by atoms with E-state index >= 15 is 0 Å². The number of fused-ring (bicyclic) bond motifs is 1. The molecule has 0 aliphatic carbocycles. The Hall–Kier alpha value is -1.94. The molecule has 2 N–H and O–H groups in total. The Balaban J connectivity index is 2.25. The molecule has 0 aliphatic rings. The van der Waals surface area contributed by atoms with Crippen LogP contribution in [0.3, 0.4) is 0 Å². The van der Waals surface area contributed by atoms with Gasteiger partial charge in [0.15, 0.2) is 0 Å². The van der Waals surface area contributed by atoms with E-state index in [1.165, 1.54) is 12.1 Å². The zero-order valence-electron chi connectivity index (χ0n) is 11.6. The average molecular weight is 275 g/mol. The summed E-state index contributed by atoms with van der Waals surface area (Å²) in [5, 5.41) is 13.4. The van der Waals surface area contributed by atoms with Crippen molar-refractivity contribution in [1.82, 2.24) is 5.32 Å². The minimum atomic E-state index is -0.592. The van der Waals surface area contributed by atoms with Crippen molar-refractivity contribution in [3.8, 4) is 0 Å². The Morgan fingerprint density at radius 3 is 2.50 bits per heavy atom. The lowest BCUT2D eigenvalue weighted by molar-refractivity contribution is 0.0873. The first-order valence-corrected chi connectivity index (χ1v) is 6.64. The van der Waals surface area contributed by atoms with Gasteiger partial charge >= 0.3 is 0 Å². The van der Waals surface area contributed by atoms with Gasteiger partial charge in [0, 0.05) is 17.5 Å². The lowest BCUT2D eigenvalue weighted by Gasteiger charge is -2.15. The molecule has 1 unspecified atom stereocenters. The monoisotopic (exact) mass is 275 g/mol. The van der Waals surface area contributed by atoms with Crippen molar-refractivity contribution in [2.45, 2.75) is 20.0 Å². The molecule has 3 nitrogen and oxygen atoms in total. The maximum Gasteiger partial charge on any atom is 0.252 e. The molecule has 106 valence electrons. The average Bonchev–Trinajstić information content (AvgIpc) is 2.45. The first kappa shape index (κ1) is 14.5. The number of rotatable bonds is 4. The summed E-state index contributed by atoms with van der Waals surface area (Å²) in [6, 6.07) is 9.61. The summed E-state index contributed by atoms with van der Waals surface area (Å²) in [6.45, 7) is 3.94. The predicted octanol–water partition coefficient (Wildman–Crippen LogP) is 2.73. The standard InChI is InChI=1S/C16H18FNO2/c1-10(2)15(19)9-18-16(20)13-7-8-14(17)12-6-4-3-5-11(12)13/h3-8,10,15,19H,9H2,1-2H3,(H,18,20). The van der Waals surface area contributed by atoms with Crippen LogP contribution < -0.4 is 5.32 Å². The first-order chi connectivity index (χ1) is 9.50. The molecule has 0 aliphatic heterocycles. The van der Waals surface area contributed by atoms with Crippen molar-refractivity contribution in [2.75, 3.05) is 6.54 Å². The van der Waals surface area contributed by atoms with Crippen LogP contribution in [0.1, 0.15) is 24.2 Å². The Labute approximate surface area is 117 Å². The largest absolute Gasteiger partial charge is 0.391 e. The molecule has 2 aromatic rings. The highest BCUT2D eigenvalue weighted by Gasteiger charge is 2.14. The second-order valence-corrected chi connectivity index (χ2v) is 5.16. The molecule has 0 bridgehead atoms. The van der Waals surface area contributed by atoms with Crippen LogP contribution in [0.15, 0.2) is 36.4 Å². The van der Waals surface area contributed by atoms with Crippen molar-refractivity contribution >= 4 is 16.7 Å². The Bertz CT molecular complexity index is 625. The van der Waals surface area contributed by atoms with E-state index in [0.717, 1.165) is 0 Å². The molecule has 1 amide bonds. The van der Waals surface area contributed by atoms with Gasteiger partial charge in [0.2, 0.25) is 0 Å².